The van der Waals surface area contributed by atoms with Crippen molar-refractivity contribution >= 4 is 35.1 Å². The third-order valence-electron chi connectivity index (χ3n) is 4.49. The van der Waals surface area contributed by atoms with Crippen LogP contribution in [-0.4, -0.2) is 33.8 Å². The summed E-state index contributed by atoms with van der Waals surface area (Å²) in [5.74, 6) is -3.78. The van der Waals surface area contributed by atoms with Crippen molar-refractivity contribution in [3.05, 3.63) is 28.2 Å². The van der Waals surface area contributed by atoms with E-state index in [9.17, 15) is 19.8 Å². The van der Waals surface area contributed by atoms with Crippen molar-refractivity contribution in [3.63, 3.8) is 0 Å². The standard InChI is InChI=1S/C14H13Cl2NO5/c15-5-1-2-7(6(16)3-5)22-8-4-14(17,13(20)21)11-9(8)10(11)12(18)19/h1-3,8-11H,4,17H2,(H,18,19)(H,20,21). The number of fused-ring (bicyclic) bond motifs is 1. The minimum absolute atomic E-state index is 0.0421. The highest BCUT2D eigenvalue weighted by Gasteiger charge is 2.75. The van der Waals surface area contributed by atoms with Crippen molar-refractivity contribution in [1.29, 1.82) is 0 Å². The molecule has 4 N–H and O–H groups in total. The smallest absolute Gasteiger partial charge is 0.324 e. The van der Waals surface area contributed by atoms with E-state index in [0.717, 1.165) is 0 Å². The third kappa shape index (κ3) is 2.22. The second-order valence-corrected chi connectivity index (χ2v) is 6.59. The highest BCUT2D eigenvalue weighted by atomic mass is 35.5. The lowest BCUT2D eigenvalue weighted by molar-refractivity contribution is -0.146. The minimum atomic E-state index is -1.59. The number of nitrogens with two attached hydrogens (primary N) is 1. The average molecular weight is 346 g/mol. The summed E-state index contributed by atoms with van der Waals surface area (Å²) in [5.41, 5.74) is 4.34. The molecule has 1 aromatic rings. The maximum Gasteiger partial charge on any atom is 0.324 e. The zero-order valence-electron chi connectivity index (χ0n) is 11.2. The fraction of sp³-hybridized carbons (Fsp3) is 0.429. The first kappa shape index (κ1) is 15.4. The van der Waals surface area contributed by atoms with Gasteiger partial charge in [0.1, 0.15) is 17.4 Å². The zero-order valence-corrected chi connectivity index (χ0v) is 12.7. The predicted molar refractivity (Wildman–Crippen MR) is 78.2 cm³/mol. The molecule has 0 aliphatic heterocycles. The van der Waals surface area contributed by atoms with Crippen LogP contribution in [0.3, 0.4) is 0 Å². The molecule has 2 aliphatic rings. The van der Waals surface area contributed by atoms with Gasteiger partial charge in [-0.2, -0.15) is 0 Å². The topological polar surface area (TPSA) is 110 Å². The van der Waals surface area contributed by atoms with E-state index in [0.29, 0.717) is 10.8 Å². The van der Waals surface area contributed by atoms with E-state index in [1.54, 1.807) is 12.1 Å². The molecule has 22 heavy (non-hydrogen) atoms. The molecule has 0 aromatic heterocycles. The number of aliphatic carboxylic acids is 2. The van der Waals surface area contributed by atoms with Crippen LogP contribution in [0.2, 0.25) is 10.0 Å². The van der Waals surface area contributed by atoms with Crippen molar-refractivity contribution in [3.8, 4) is 5.75 Å². The van der Waals surface area contributed by atoms with Gasteiger partial charge in [-0.1, -0.05) is 23.2 Å². The molecule has 0 bridgehead atoms. The predicted octanol–water partition coefficient (Wildman–Crippen LogP) is 1.87. The number of ether oxygens (including phenoxy) is 1. The molecule has 0 saturated heterocycles. The van der Waals surface area contributed by atoms with Gasteiger partial charge in [0, 0.05) is 23.3 Å². The Morgan fingerprint density at radius 1 is 1.32 bits per heavy atom. The molecule has 5 unspecified atom stereocenters. The normalized spacial score (nSPS) is 35.8. The summed E-state index contributed by atoms with van der Waals surface area (Å²) in [4.78, 5) is 22.7. The lowest BCUT2D eigenvalue weighted by Crippen LogP contribution is -2.51. The van der Waals surface area contributed by atoms with E-state index >= 15 is 0 Å². The van der Waals surface area contributed by atoms with Crippen molar-refractivity contribution in [1.82, 2.24) is 0 Å². The molecular weight excluding hydrogens is 333 g/mol. The first-order valence-corrected chi connectivity index (χ1v) is 7.38. The quantitative estimate of drug-likeness (QED) is 0.768. The summed E-state index contributed by atoms with van der Waals surface area (Å²) in [6.45, 7) is 0. The fourth-order valence-electron chi connectivity index (χ4n) is 3.47. The molecule has 0 spiro atoms. The number of carboxylic acid groups (broad SMARTS) is 2. The van der Waals surface area contributed by atoms with Crippen LogP contribution >= 0.6 is 23.2 Å². The summed E-state index contributed by atoms with van der Waals surface area (Å²) in [6, 6.07) is 4.65. The van der Waals surface area contributed by atoms with Crippen LogP contribution in [-0.2, 0) is 9.59 Å². The van der Waals surface area contributed by atoms with Gasteiger partial charge < -0.3 is 20.7 Å². The number of benzene rings is 1. The van der Waals surface area contributed by atoms with Gasteiger partial charge in [0.25, 0.3) is 0 Å². The SMILES string of the molecule is NC1(C(=O)O)CC(Oc2ccc(Cl)cc2Cl)C2C(C(=O)O)C21. The molecule has 8 heteroatoms. The van der Waals surface area contributed by atoms with Gasteiger partial charge in [-0.25, -0.2) is 0 Å². The molecule has 118 valence electrons. The molecule has 3 rings (SSSR count). The highest BCUT2D eigenvalue weighted by molar-refractivity contribution is 6.35. The number of carbonyl (C=O) groups is 2. The zero-order chi connectivity index (χ0) is 16.2. The Hall–Kier alpha value is -1.50. The largest absolute Gasteiger partial charge is 0.488 e. The Morgan fingerprint density at radius 3 is 2.55 bits per heavy atom. The van der Waals surface area contributed by atoms with Crippen molar-refractivity contribution < 1.29 is 24.5 Å². The van der Waals surface area contributed by atoms with Crippen LogP contribution in [0.25, 0.3) is 0 Å². The van der Waals surface area contributed by atoms with Gasteiger partial charge in [0.2, 0.25) is 0 Å². The number of hydrogen-bond acceptors (Lipinski definition) is 4. The van der Waals surface area contributed by atoms with Gasteiger partial charge in [-0.3, -0.25) is 9.59 Å². The summed E-state index contributed by atoms with van der Waals surface area (Å²) in [5, 5.41) is 19.2. The van der Waals surface area contributed by atoms with Crippen molar-refractivity contribution in [2.45, 2.75) is 18.1 Å². The van der Waals surface area contributed by atoms with E-state index in [1.165, 1.54) is 6.07 Å². The number of rotatable bonds is 4. The monoisotopic (exact) mass is 345 g/mol. The van der Waals surface area contributed by atoms with Crippen LogP contribution in [0.5, 0.6) is 5.75 Å². The first-order chi connectivity index (χ1) is 10.3. The van der Waals surface area contributed by atoms with Gasteiger partial charge in [-0.05, 0) is 18.2 Å². The second kappa shape index (κ2) is 5.01. The Morgan fingerprint density at radius 2 is 2.00 bits per heavy atom. The molecule has 2 fully saturated rings. The molecule has 2 saturated carbocycles. The van der Waals surface area contributed by atoms with Crippen LogP contribution < -0.4 is 10.5 Å². The Kier molecular flexibility index (Phi) is 3.51. The molecule has 6 nitrogen and oxygen atoms in total. The minimum Gasteiger partial charge on any atom is -0.488 e. The molecule has 2 aliphatic carbocycles. The molecule has 5 atom stereocenters. The summed E-state index contributed by atoms with van der Waals surface area (Å²) >= 11 is 11.8. The van der Waals surface area contributed by atoms with E-state index in [4.69, 9.17) is 33.7 Å². The van der Waals surface area contributed by atoms with Gasteiger partial charge in [0.05, 0.1) is 10.9 Å². The lowest BCUT2D eigenvalue weighted by Gasteiger charge is -2.25. The maximum absolute atomic E-state index is 11.4. The molecule has 0 heterocycles. The van der Waals surface area contributed by atoms with Crippen LogP contribution in [0.4, 0.5) is 0 Å². The first-order valence-electron chi connectivity index (χ1n) is 6.62. The van der Waals surface area contributed by atoms with Crippen LogP contribution in [0.15, 0.2) is 18.2 Å². The third-order valence-corrected chi connectivity index (χ3v) is 5.02. The Balaban J connectivity index is 1.86. The van der Waals surface area contributed by atoms with Crippen molar-refractivity contribution in [2.24, 2.45) is 23.5 Å². The van der Waals surface area contributed by atoms with E-state index < -0.39 is 41.3 Å². The second-order valence-electron chi connectivity index (χ2n) is 5.75. The van der Waals surface area contributed by atoms with E-state index in [-0.39, 0.29) is 11.4 Å². The van der Waals surface area contributed by atoms with Gasteiger partial charge in [0.15, 0.2) is 0 Å². The van der Waals surface area contributed by atoms with Crippen LogP contribution in [0, 0.1) is 17.8 Å². The lowest BCUT2D eigenvalue weighted by atomic mass is 9.91. The van der Waals surface area contributed by atoms with E-state index in [1.807, 2.05) is 0 Å². The Labute approximate surface area is 135 Å². The van der Waals surface area contributed by atoms with Crippen LogP contribution in [0.1, 0.15) is 6.42 Å². The number of halogens is 2. The summed E-state index contributed by atoms with van der Waals surface area (Å²) < 4.78 is 5.74. The molecular formula is C14H13Cl2NO5. The summed E-state index contributed by atoms with van der Waals surface area (Å²) in [6.07, 6.45) is -0.564. The average Bonchev–Trinajstić information content (AvgIpc) is 3.10. The molecule has 0 radical (unpaired) electrons. The van der Waals surface area contributed by atoms with Gasteiger partial charge in [-0.15, -0.1) is 0 Å². The highest BCUT2D eigenvalue weighted by Crippen LogP contribution is 2.62. The fourth-order valence-corrected chi connectivity index (χ4v) is 3.92. The molecule has 1 aromatic carbocycles. The number of carboxylic acids is 2. The van der Waals surface area contributed by atoms with E-state index in [2.05, 4.69) is 0 Å². The maximum atomic E-state index is 11.4. The van der Waals surface area contributed by atoms with Crippen molar-refractivity contribution in [2.75, 3.05) is 0 Å². The Bertz CT molecular complexity index is 667. The summed E-state index contributed by atoms with van der Waals surface area (Å²) in [7, 11) is 0. The molecule has 0 amide bonds. The van der Waals surface area contributed by atoms with Gasteiger partial charge >= 0.3 is 11.9 Å². The number of hydrogen-bond donors (Lipinski definition) is 3.